The molecule has 212 valence electrons. The first-order valence-corrected chi connectivity index (χ1v) is 15.5. The Hall–Kier alpha value is -5.92. The maximum Gasteiger partial charge on any atom is 0.0468 e. The second-order valence-corrected chi connectivity index (χ2v) is 11.3. The Morgan fingerprint density at radius 1 is 0.244 bits per heavy atom. The molecule has 0 radical (unpaired) electrons. The summed E-state index contributed by atoms with van der Waals surface area (Å²) >= 11 is 0. The summed E-state index contributed by atoms with van der Waals surface area (Å²) in [6.07, 6.45) is 0. The van der Waals surface area contributed by atoms with E-state index in [1.54, 1.807) is 0 Å². The van der Waals surface area contributed by atoms with Crippen molar-refractivity contribution in [3.63, 3.8) is 0 Å². The molecule has 0 saturated carbocycles. The van der Waals surface area contributed by atoms with Crippen LogP contribution in [0.1, 0.15) is 0 Å². The van der Waals surface area contributed by atoms with E-state index in [4.69, 9.17) is 0 Å². The molecule has 1 nitrogen and oxygen atoms in total. The van der Waals surface area contributed by atoms with E-state index in [1.807, 2.05) is 0 Å². The zero-order valence-corrected chi connectivity index (χ0v) is 24.8. The Balaban J connectivity index is 1.38. The fourth-order valence-electron chi connectivity index (χ4n) is 6.58. The fraction of sp³-hybridized carbons (Fsp3) is 0. The second-order valence-electron chi connectivity index (χ2n) is 11.3. The first-order chi connectivity index (χ1) is 22.3. The molecule has 0 aliphatic heterocycles. The quantitative estimate of drug-likeness (QED) is 0.179. The minimum absolute atomic E-state index is 1.12. The molecule has 0 aromatic heterocycles. The van der Waals surface area contributed by atoms with Gasteiger partial charge in [-0.15, -0.1) is 0 Å². The molecule has 1 heteroatoms. The van der Waals surface area contributed by atoms with Gasteiger partial charge in [-0.1, -0.05) is 152 Å². The first-order valence-electron chi connectivity index (χ1n) is 15.5. The van der Waals surface area contributed by atoms with Gasteiger partial charge in [0.05, 0.1) is 0 Å². The summed E-state index contributed by atoms with van der Waals surface area (Å²) in [5.41, 5.74) is 10.8. The van der Waals surface area contributed by atoms with Gasteiger partial charge in [-0.3, -0.25) is 0 Å². The molecule has 0 amide bonds. The Labute approximate surface area is 264 Å². The molecular weight excluding hydrogens is 542 g/mol. The number of hydrogen-bond donors (Lipinski definition) is 0. The number of anilines is 3. The molecule has 8 rings (SSSR count). The Morgan fingerprint density at radius 2 is 0.644 bits per heavy atom. The molecule has 0 fully saturated rings. The smallest absolute Gasteiger partial charge is 0.0468 e. The standard InChI is InChI=1S/C44H31N/c1-5-15-32(16-6-1)33-25-27-37(28-26-33)45(36-21-11-4-12-22-36)38-29-30-41-42(31-38)39-23-13-14-24-40(39)43(34-17-7-2-8-18-34)44(41)35-19-9-3-10-20-35/h1-31H. The summed E-state index contributed by atoms with van der Waals surface area (Å²) in [4.78, 5) is 2.36. The SMILES string of the molecule is c1ccc(-c2ccc(N(c3ccccc3)c3ccc4c(-c5ccccc5)c(-c5ccccc5)c5ccccc5c4c3)cc2)cc1. The van der Waals surface area contributed by atoms with Crippen molar-refractivity contribution < 1.29 is 0 Å². The summed E-state index contributed by atoms with van der Waals surface area (Å²) in [6, 6.07) is 67.5. The first kappa shape index (κ1) is 26.7. The van der Waals surface area contributed by atoms with Gasteiger partial charge in [-0.25, -0.2) is 0 Å². The number of hydrogen-bond acceptors (Lipinski definition) is 1. The fourth-order valence-corrected chi connectivity index (χ4v) is 6.58. The number of nitrogens with zero attached hydrogens (tertiary/aromatic N) is 1. The van der Waals surface area contributed by atoms with Crippen molar-refractivity contribution in [3.05, 3.63) is 188 Å². The number of para-hydroxylation sites is 1. The molecule has 0 bridgehead atoms. The van der Waals surface area contributed by atoms with Crippen molar-refractivity contribution in [2.75, 3.05) is 4.90 Å². The molecule has 0 aliphatic carbocycles. The predicted octanol–water partition coefficient (Wildman–Crippen LogP) is 12.5. The molecular formula is C44H31N. The van der Waals surface area contributed by atoms with E-state index in [1.165, 1.54) is 54.9 Å². The lowest BCUT2D eigenvalue weighted by molar-refractivity contribution is 1.29. The average Bonchev–Trinajstić information content (AvgIpc) is 3.13. The van der Waals surface area contributed by atoms with E-state index in [-0.39, 0.29) is 0 Å². The zero-order valence-electron chi connectivity index (χ0n) is 24.8. The van der Waals surface area contributed by atoms with Crippen LogP contribution in [0.5, 0.6) is 0 Å². The number of fused-ring (bicyclic) bond motifs is 3. The highest BCUT2D eigenvalue weighted by Gasteiger charge is 2.20. The van der Waals surface area contributed by atoms with Crippen LogP contribution in [0.3, 0.4) is 0 Å². The third-order valence-corrected chi connectivity index (χ3v) is 8.64. The van der Waals surface area contributed by atoms with Gasteiger partial charge in [-0.2, -0.15) is 0 Å². The molecule has 0 heterocycles. The van der Waals surface area contributed by atoms with Crippen LogP contribution < -0.4 is 4.90 Å². The van der Waals surface area contributed by atoms with Gasteiger partial charge in [-0.05, 0) is 91.3 Å². The van der Waals surface area contributed by atoms with Crippen LogP contribution >= 0.6 is 0 Å². The van der Waals surface area contributed by atoms with E-state index in [9.17, 15) is 0 Å². The second kappa shape index (κ2) is 11.6. The number of benzene rings is 8. The van der Waals surface area contributed by atoms with E-state index < -0.39 is 0 Å². The highest BCUT2D eigenvalue weighted by Crippen LogP contribution is 2.46. The molecule has 0 unspecified atom stereocenters. The predicted molar refractivity (Wildman–Crippen MR) is 192 cm³/mol. The normalized spacial score (nSPS) is 11.1. The lowest BCUT2D eigenvalue weighted by Crippen LogP contribution is -2.09. The van der Waals surface area contributed by atoms with Gasteiger partial charge in [0.1, 0.15) is 0 Å². The third kappa shape index (κ3) is 4.95. The van der Waals surface area contributed by atoms with Crippen LogP contribution in [-0.2, 0) is 0 Å². The van der Waals surface area contributed by atoms with Crippen LogP contribution in [0.4, 0.5) is 17.1 Å². The highest BCUT2D eigenvalue weighted by molar-refractivity contribution is 6.22. The van der Waals surface area contributed by atoms with Crippen molar-refractivity contribution in [3.8, 4) is 33.4 Å². The third-order valence-electron chi connectivity index (χ3n) is 8.64. The molecule has 0 N–H and O–H groups in total. The summed E-state index contributed by atoms with van der Waals surface area (Å²) < 4.78 is 0. The largest absolute Gasteiger partial charge is 0.310 e. The lowest BCUT2D eigenvalue weighted by atomic mass is 9.85. The lowest BCUT2D eigenvalue weighted by Gasteiger charge is -2.27. The average molecular weight is 574 g/mol. The van der Waals surface area contributed by atoms with Crippen molar-refractivity contribution in [2.24, 2.45) is 0 Å². The minimum atomic E-state index is 1.12. The number of rotatable bonds is 6. The Bertz CT molecular complexity index is 2220. The van der Waals surface area contributed by atoms with E-state index >= 15 is 0 Å². The molecule has 0 spiro atoms. The van der Waals surface area contributed by atoms with Gasteiger partial charge in [0, 0.05) is 17.1 Å². The molecule has 8 aromatic carbocycles. The van der Waals surface area contributed by atoms with Crippen molar-refractivity contribution >= 4 is 38.6 Å². The molecule has 0 atom stereocenters. The van der Waals surface area contributed by atoms with Crippen LogP contribution in [0, 0.1) is 0 Å². The molecule has 45 heavy (non-hydrogen) atoms. The topological polar surface area (TPSA) is 3.24 Å². The van der Waals surface area contributed by atoms with Gasteiger partial charge in [0.15, 0.2) is 0 Å². The Morgan fingerprint density at radius 3 is 1.22 bits per heavy atom. The van der Waals surface area contributed by atoms with Crippen LogP contribution in [0.25, 0.3) is 54.9 Å². The summed E-state index contributed by atoms with van der Waals surface area (Å²) in [5.74, 6) is 0. The van der Waals surface area contributed by atoms with Gasteiger partial charge < -0.3 is 4.90 Å². The van der Waals surface area contributed by atoms with Gasteiger partial charge in [0.25, 0.3) is 0 Å². The zero-order chi connectivity index (χ0) is 30.0. The van der Waals surface area contributed by atoms with Crippen molar-refractivity contribution in [2.45, 2.75) is 0 Å². The molecule has 0 aliphatic rings. The minimum Gasteiger partial charge on any atom is -0.310 e. The van der Waals surface area contributed by atoms with E-state index in [0.717, 1.165) is 17.1 Å². The van der Waals surface area contributed by atoms with Crippen molar-refractivity contribution in [1.82, 2.24) is 0 Å². The Kier molecular flexibility index (Phi) is 6.90. The molecule has 0 saturated heterocycles. The van der Waals surface area contributed by atoms with E-state index in [0.29, 0.717) is 0 Å². The van der Waals surface area contributed by atoms with E-state index in [2.05, 4.69) is 193 Å². The molecule has 8 aromatic rings. The maximum absolute atomic E-state index is 2.37. The van der Waals surface area contributed by atoms with Gasteiger partial charge in [0.2, 0.25) is 0 Å². The highest BCUT2D eigenvalue weighted by atomic mass is 15.1. The van der Waals surface area contributed by atoms with Crippen LogP contribution in [-0.4, -0.2) is 0 Å². The van der Waals surface area contributed by atoms with Crippen molar-refractivity contribution in [1.29, 1.82) is 0 Å². The van der Waals surface area contributed by atoms with Crippen LogP contribution in [0.2, 0.25) is 0 Å². The summed E-state index contributed by atoms with van der Waals surface area (Å²) in [7, 11) is 0. The maximum atomic E-state index is 2.37. The van der Waals surface area contributed by atoms with Crippen LogP contribution in [0.15, 0.2) is 188 Å². The summed E-state index contributed by atoms with van der Waals surface area (Å²) in [5, 5.41) is 4.99. The van der Waals surface area contributed by atoms with Gasteiger partial charge >= 0.3 is 0 Å². The monoisotopic (exact) mass is 573 g/mol. The summed E-state index contributed by atoms with van der Waals surface area (Å²) in [6.45, 7) is 0.